The highest BCUT2D eigenvalue weighted by molar-refractivity contribution is 7.98. The molecule has 1 aliphatic carbocycles. The van der Waals surface area contributed by atoms with Crippen molar-refractivity contribution in [2.75, 3.05) is 6.26 Å². The lowest BCUT2D eigenvalue weighted by Gasteiger charge is -2.25. The molecule has 47 heavy (non-hydrogen) atoms. The van der Waals surface area contributed by atoms with E-state index in [9.17, 15) is 14.7 Å². The molecule has 1 aromatic heterocycles. The van der Waals surface area contributed by atoms with Gasteiger partial charge in [0.05, 0.1) is 22.2 Å². The quantitative estimate of drug-likeness (QED) is 0.146. The van der Waals surface area contributed by atoms with Gasteiger partial charge in [-0.1, -0.05) is 37.5 Å². The zero-order valence-corrected chi connectivity index (χ0v) is 27.6. The van der Waals surface area contributed by atoms with E-state index >= 15 is 4.39 Å². The van der Waals surface area contributed by atoms with E-state index in [0.29, 0.717) is 28.2 Å². The Labute approximate surface area is 278 Å². The molecule has 5 aromatic rings. The molecule has 0 spiro atoms. The third kappa shape index (κ3) is 7.05. The summed E-state index contributed by atoms with van der Waals surface area (Å²) in [5, 5.41) is 12.5. The molecule has 242 valence electrons. The van der Waals surface area contributed by atoms with Crippen LogP contribution in [0.5, 0.6) is 5.75 Å². The van der Waals surface area contributed by atoms with Gasteiger partial charge in [-0.2, -0.15) is 0 Å². The molecule has 4 aromatic carbocycles. The summed E-state index contributed by atoms with van der Waals surface area (Å²) in [6.07, 6.45) is 7.27. The summed E-state index contributed by atoms with van der Waals surface area (Å²) in [7, 11) is 0. The molecular formula is C38H38FN3O4S. The fourth-order valence-corrected chi connectivity index (χ4v) is 6.72. The number of fused-ring (bicyclic) bond motifs is 1. The summed E-state index contributed by atoms with van der Waals surface area (Å²) in [6.45, 7) is 3.96. The summed E-state index contributed by atoms with van der Waals surface area (Å²) in [4.78, 5) is 30.4. The minimum absolute atomic E-state index is 0.00650. The van der Waals surface area contributed by atoms with Crippen molar-refractivity contribution in [3.05, 3.63) is 101 Å². The van der Waals surface area contributed by atoms with Crippen LogP contribution in [-0.4, -0.2) is 38.8 Å². The number of aromatic carboxylic acids is 1. The molecule has 9 heteroatoms. The molecule has 1 fully saturated rings. The van der Waals surface area contributed by atoms with Gasteiger partial charge in [-0.25, -0.2) is 14.2 Å². The number of carbonyl (C=O) groups is 2. The molecule has 1 amide bonds. The van der Waals surface area contributed by atoms with Crippen LogP contribution in [0.2, 0.25) is 0 Å². The topological polar surface area (TPSA) is 93.4 Å². The van der Waals surface area contributed by atoms with E-state index in [4.69, 9.17) is 9.72 Å². The van der Waals surface area contributed by atoms with Crippen LogP contribution in [0, 0.1) is 5.82 Å². The van der Waals surface area contributed by atoms with Crippen molar-refractivity contribution in [2.45, 2.75) is 69.5 Å². The molecule has 1 heterocycles. The molecule has 0 saturated heterocycles. The summed E-state index contributed by atoms with van der Waals surface area (Å²) < 4.78 is 24.2. The van der Waals surface area contributed by atoms with Gasteiger partial charge in [-0.05, 0) is 104 Å². The number of ether oxygens (including phenoxy) is 1. The molecule has 1 aliphatic rings. The number of benzene rings is 4. The van der Waals surface area contributed by atoms with Crippen molar-refractivity contribution in [1.29, 1.82) is 0 Å². The minimum Gasteiger partial charge on any atom is -0.489 e. The maximum Gasteiger partial charge on any atom is 0.335 e. The normalized spacial score (nSPS) is 13.6. The SMILES string of the molecule is CSc1ccc(-c2ccc(C(=O)NC(C)C)cc2COc2ccc(-c3nc4cc(C(=O)O)ccc4n3C3CCCCC3)c(F)c2)cc1. The van der Waals surface area contributed by atoms with Gasteiger partial charge in [0.1, 0.15) is 24.0 Å². The molecule has 0 unspecified atom stereocenters. The van der Waals surface area contributed by atoms with Crippen LogP contribution in [0.3, 0.4) is 0 Å². The van der Waals surface area contributed by atoms with Gasteiger partial charge in [0, 0.05) is 28.6 Å². The van der Waals surface area contributed by atoms with E-state index in [1.54, 1.807) is 42.1 Å². The number of hydrogen-bond donors (Lipinski definition) is 2. The Bertz CT molecular complexity index is 1930. The van der Waals surface area contributed by atoms with Crippen molar-refractivity contribution in [3.63, 3.8) is 0 Å². The molecule has 7 nitrogen and oxygen atoms in total. The Balaban J connectivity index is 1.32. The average molecular weight is 652 g/mol. The molecule has 1 saturated carbocycles. The molecule has 0 aliphatic heterocycles. The standard InChI is InChI=1S/C38H38FN3O4S/c1-23(2)40-37(43)25-11-16-31(24-9-14-30(47-3)15-10-24)27(19-25)22-46-29-13-17-32(33(39)21-29)36-41-34-20-26(38(44)45)12-18-35(34)42(36)28-7-5-4-6-8-28/h9-21,23,28H,4-8,22H2,1-3H3,(H,40,43)(H,44,45). The summed E-state index contributed by atoms with van der Waals surface area (Å²) >= 11 is 1.67. The second kappa shape index (κ2) is 14.0. The predicted octanol–water partition coefficient (Wildman–Crippen LogP) is 9.15. The lowest BCUT2D eigenvalue weighted by molar-refractivity contribution is 0.0696. The van der Waals surface area contributed by atoms with E-state index in [-0.39, 0.29) is 30.2 Å². The Morgan fingerprint density at radius 1 is 0.957 bits per heavy atom. The highest BCUT2D eigenvalue weighted by Crippen LogP contribution is 2.38. The van der Waals surface area contributed by atoms with Gasteiger partial charge in [0.2, 0.25) is 0 Å². The zero-order chi connectivity index (χ0) is 33.1. The van der Waals surface area contributed by atoms with Crippen LogP contribution < -0.4 is 10.1 Å². The lowest BCUT2D eigenvalue weighted by atomic mass is 9.94. The smallest absolute Gasteiger partial charge is 0.335 e. The number of thioether (sulfide) groups is 1. The first kappa shape index (κ1) is 32.3. The van der Waals surface area contributed by atoms with Gasteiger partial charge < -0.3 is 19.7 Å². The first-order valence-corrected chi connectivity index (χ1v) is 17.2. The number of carbonyl (C=O) groups excluding carboxylic acids is 1. The van der Waals surface area contributed by atoms with Crippen LogP contribution in [0.15, 0.2) is 83.8 Å². The van der Waals surface area contributed by atoms with Crippen LogP contribution >= 0.6 is 11.8 Å². The second-order valence-corrected chi connectivity index (χ2v) is 13.1. The van der Waals surface area contributed by atoms with Crippen molar-refractivity contribution >= 4 is 34.7 Å². The number of hydrogen-bond acceptors (Lipinski definition) is 5. The number of carboxylic acid groups (broad SMARTS) is 1. The number of rotatable bonds is 10. The minimum atomic E-state index is -1.03. The number of amides is 1. The third-order valence-corrected chi connectivity index (χ3v) is 9.38. The molecule has 0 bridgehead atoms. The lowest BCUT2D eigenvalue weighted by Crippen LogP contribution is -2.30. The maximum atomic E-state index is 16.0. The highest BCUT2D eigenvalue weighted by Gasteiger charge is 2.25. The van der Waals surface area contributed by atoms with Crippen LogP contribution in [0.25, 0.3) is 33.5 Å². The van der Waals surface area contributed by atoms with Gasteiger partial charge in [0.25, 0.3) is 5.91 Å². The van der Waals surface area contributed by atoms with E-state index in [2.05, 4.69) is 22.0 Å². The largest absolute Gasteiger partial charge is 0.489 e. The van der Waals surface area contributed by atoms with Crippen molar-refractivity contribution in [3.8, 4) is 28.3 Å². The predicted molar refractivity (Wildman–Crippen MR) is 185 cm³/mol. The first-order valence-electron chi connectivity index (χ1n) is 16.0. The number of halogens is 1. The van der Waals surface area contributed by atoms with Gasteiger partial charge in [0.15, 0.2) is 0 Å². The average Bonchev–Trinajstić information content (AvgIpc) is 3.46. The Morgan fingerprint density at radius 3 is 2.36 bits per heavy atom. The van der Waals surface area contributed by atoms with E-state index in [0.717, 1.165) is 59.2 Å². The molecule has 0 atom stereocenters. The Hall–Kier alpha value is -4.63. The summed E-state index contributed by atoms with van der Waals surface area (Å²) in [5.41, 5.74) is 5.06. The zero-order valence-electron chi connectivity index (χ0n) is 26.8. The van der Waals surface area contributed by atoms with Crippen LogP contribution in [0.1, 0.15) is 78.3 Å². The fraction of sp³-hybridized carbons (Fsp3) is 0.289. The summed E-state index contributed by atoms with van der Waals surface area (Å²) in [6, 6.07) is 23.6. The van der Waals surface area contributed by atoms with Crippen molar-refractivity contribution < 1.29 is 23.8 Å². The van der Waals surface area contributed by atoms with E-state index < -0.39 is 11.8 Å². The molecule has 0 radical (unpaired) electrons. The third-order valence-electron chi connectivity index (χ3n) is 8.64. The molecular weight excluding hydrogens is 614 g/mol. The Morgan fingerprint density at radius 2 is 1.68 bits per heavy atom. The number of nitrogens with zero attached hydrogens (tertiary/aromatic N) is 2. The van der Waals surface area contributed by atoms with E-state index in [1.807, 2.05) is 50.4 Å². The van der Waals surface area contributed by atoms with Gasteiger partial charge in [-0.15, -0.1) is 11.8 Å². The molecule has 2 N–H and O–H groups in total. The van der Waals surface area contributed by atoms with E-state index in [1.165, 1.54) is 6.07 Å². The van der Waals surface area contributed by atoms with Crippen molar-refractivity contribution in [2.24, 2.45) is 0 Å². The van der Waals surface area contributed by atoms with Crippen LogP contribution in [0.4, 0.5) is 4.39 Å². The number of carboxylic acids is 1. The summed E-state index contributed by atoms with van der Waals surface area (Å²) in [5.74, 6) is -0.845. The maximum absolute atomic E-state index is 16.0. The second-order valence-electron chi connectivity index (χ2n) is 12.3. The van der Waals surface area contributed by atoms with Gasteiger partial charge >= 0.3 is 5.97 Å². The number of imidazole rings is 1. The number of aromatic nitrogens is 2. The van der Waals surface area contributed by atoms with Crippen LogP contribution in [-0.2, 0) is 6.61 Å². The number of nitrogens with one attached hydrogen (secondary N) is 1. The van der Waals surface area contributed by atoms with Gasteiger partial charge in [-0.3, -0.25) is 4.79 Å². The monoisotopic (exact) mass is 651 g/mol. The first-order chi connectivity index (χ1) is 22.7. The van der Waals surface area contributed by atoms with Crippen molar-refractivity contribution in [1.82, 2.24) is 14.9 Å². The Kier molecular flexibility index (Phi) is 9.63. The molecule has 6 rings (SSSR count). The fourth-order valence-electron chi connectivity index (χ4n) is 6.31. The highest BCUT2D eigenvalue weighted by atomic mass is 32.2.